The van der Waals surface area contributed by atoms with Crippen LogP contribution in [0.1, 0.15) is 6.42 Å². The van der Waals surface area contributed by atoms with Gasteiger partial charge in [0, 0.05) is 26.3 Å². The first-order valence-electron chi connectivity index (χ1n) is 6.27. The molecule has 19 heavy (non-hydrogen) atoms. The van der Waals surface area contributed by atoms with E-state index in [0.29, 0.717) is 11.4 Å². The highest BCUT2D eigenvalue weighted by atomic mass is 32.2. The number of benzene rings is 1. The average Bonchev–Trinajstić information content (AvgIpc) is 2.38. The van der Waals surface area contributed by atoms with Gasteiger partial charge in [0.05, 0.1) is 4.90 Å². The Bertz CT molecular complexity index is 483. The van der Waals surface area contributed by atoms with Crippen molar-refractivity contribution in [2.45, 2.75) is 11.3 Å². The van der Waals surface area contributed by atoms with Crippen molar-refractivity contribution in [3.05, 3.63) is 24.3 Å². The van der Waals surface area contributed by atoms with E-state index in [0.717, 1.165) is 18.7 Å². The second-order valence-electron chi connectivity index (χ2n) is 4.76. The summed E-state index contributed by atoms with van der Waals surface area (Å²) in [5.74, 6) is 0. The molecule has 5 nitrogen and oxygen atoms in total. The van der Waals surface area contributed by atoms with Gasteiger partial charge in [-0.15, -0.1) is 0 Å². The fourth-order valence-electron chi connectivity index (χ4n) is 1.70. The largest absolute Gasteiger partial charge is 0.388 e. The van der Waals surface area contributed by atoms with Gasteiger partial charge in [-0.2, -0.15) is 0 Å². The first kappa shape index (κ1) is 15.9. The van der Waals surface area contributed by atoms with Gasteiger partial charge in [-0.1, -0.05) is 0 Å². The lowest BCUT2D eigenvalue weighted by Gasteiger charge is -2.18. The number of sulfonamides is 1. The van der Waals surface area contributed by atoms with Gasteiger partial charge in [0.1, 0.15) is 0 Å². The summed E-state index contributed by atoms with van der Waals surface area (Å²) in [4.78, 5) is 2.38. The lowest BCUT2D eigenvalue weighted by molar-refractivity contribution is 0.370. The fraction of sp³-hybridized carbons (Fsp3) is 0.538. The Hall–Kier alpha value is -1.11. The molecule has 0 atom stereocenters. The molecule has 1 N–H and O–H groups in total. The molecule has 0 bridgehead atoms. The first-order valence-corrected chi connectivity index (χ1v) is 7.71. The molecule has 0 aliphatic carbocycles. The number of hydrogen-bond acceptors (Lipinski definition) is 4. The van der Waals surface area contributed by atoms with E-state index in [1.165, 1.54) is 4.31 Å². The molecule has 0 aliphatic rings. The van der Waals surface area contributed by atoms with Gasteiger partial charge >= 0.3 is 0 Å². The summed E-state index contributed by atoms with van der Waals surface area (Å²) in [7, 11) is 4.00. The lowest BCUT2D eigenvalue weighted by atomic mass is 10.3. The Morgan fingerprint density at radius 1 is 1.05 bits per heavy atom. The van der Waals surface area contributed by atoms with Gasteiger partial charge in [-0.3, -0.25) is 0 Å². The van der Waals surface area contributed by atoms with Crippen molar-refractivity contribution in [3.8, 4) is 0 Å². The van der Waals surface area contributed by atoms with E-state index in [2.05, 4.69) is 5.32 Å². The summed E-state index contributed by atoms with van der Waals surface area (Å²) >= 11 is 0. The van der Waals surface area contributed by atoms with E-state index in [4.69, 9.17) is 0 Å². The fourth-order valence-corrected chi connectivity index (χ4v) is 2.91. The highest BCUT2D eigenvalue weighted by Gasteiger charge is 2.19. The standard InChI is InChI=1S/C13H23N3O2S/c1-14-12-6-8-13(9-7-12)19(17,18)16(4)11-5-10-15(2)3/h6-9,14H,5,10-11H2,1-4H3. The van der Waals surface area contributed by atoms with Crippen LogP contribution < -0.4 is 5.32 Å². The number of anilines is 1. The molecule has 1 aromatic carbocycles. The van der Waals surface area contributed by atoms with Gasteiger partial charge in [0.2, 0.25) is 10.0 Å². The molecule has 0 aliphatic heterocycles. The minimum atomic E-state index is -3.37. The molecule has 0 saturated carbocycles. The first-order chi connectivity index (χ1) is 8.87. The zero-order valence-corrected chi connectivity index (χ0v) is 12.9. The summed E-state index contributed by atoms with van der Waals surface area (Å²) in [5, 5.41) is 2.97. The lowest BCUT2D eigenvalue weighted by Crippen LogP contribution is -2.29. The van der Waals surface area contributed by atoms with Crippen LogP contribution >= 0.6 is 0 Å². The second kappa shape index (κ2) is 6.88. The van der Waals surface area contributed by atoms with Crippen LogP contribution in [-0.4, -0.2) is 58.9 Å². The third-order valence-electron chi connectivity index (χ3n) is 2.93. The van der Waals surface area contributed by atoms with Crippen LogP contribution in [0, 0.1) is 0 Å². The predicted octanol–water partition coefficient (Wildman–Crippen LogP) is 1.30. The van der Waals surface area contributed by atoms with E-state index in [9.17, 15) is 8.42 Å². The highest BCUT2D eigenvalue weighted by Crippen LogP contribution is 2.17. The van der Waals surface area contributed by atoms with Crippen LogP contribution in [0.3, 0.4) is 0 Å². The Morgan fingerprint density at radius 3 is 2.11 bits per heavy atom. The zero-order chi connectivity index (χ0) is 14.5. The molecule has 0 fully saturated rings. The quantitative estimate of drug-likeness (QED) is 0.820. The van der Waals surface area contributed by atoms with Crippen LogP contribution in [0.4, 0.5) is 5.69 Å². The van der Waals surface area contributed by atoms with Crippen molar-refractivity contribution < 1.29 is 8.42 Å². The summed E-state index contributed by atoms with van der Waals surface area (Å²) in [6, 6.07) is 6.79. The van der Waals surface area contributed by atoms with Crippen molar-refractivity contribution in [3.63, 3.8) is 0 Å². The van der Waals surface area contributed by atoms with Crippen LogP contribution in [0.15, 0.2) is 29.2 Å². The topological polar surface area (TPSA) is 52.7 Å². The van der Waals surface area contributed by atoms with E-state index >= 15 is 0 Å². The molecule has 0 unspecified atom stereocenters. The monoisotopic (exact) mass is 285 g/mol. The normalized spacial score (nSPS) is 12.1. The van der Waals surface area contributed by atoms with Crippen LogP contribution in [0.2, 0.25) is 0 Å². The maximum absolute atomic E-state index is 12.3. The van der Waals surface area contributed by atoms with Gasteiger partial charge < -0.3 is 10.2 Å². The Balaban J connectivity index is 2.72. The zero-order valence-electron chi connectivity index (χ0n) is 12.0. The maximum Gasteiger partial charge on any atom is 0.242 e. The van der Waals surface area contributed by atoms with Gasteiger partial charge in [-0.05, 0) is 51.3 Å². The summed E-state index contributed by atoms with van der Waals surface area (Å²) in [6.07, 6.45) is 0.817. The second-order valence-corrected chi connectivity index (χ2v) is 6.80. The van der Waals surface area contributed by atoms with Crippen molar-refractivity contribution in [1.82, 2.24) is 9.21 Å². The molecule has 6 heteroatoms. The number of rotatable bonds is 7. The van der Waals surface area contributed by atoms with Crippen molar-refractivity contribution >= 4 is 15.7 Å². The third-order valence-corrected chi connectivity index (χ3v) is 4.80. The molecule has 0 saturated heterocycles. The minimum absolute atomic E-state index is 0.332. The number of hydrogen-bond donors (Lipinski definition) is 1. The number of nitrogens with one attached hydrogen (secondary N) is 1. The summed E-state index contributed by atoms with van der Waals surface area (Å²) in [5.41, 5.74) is 0.897. The van der Waals surface area contributed by atoms with Crippen molar-refractivity contribution in [1.29, 1.82) is 0 Å². The van der Waals surface area contributed by atoms with Crippen LogP contribution in [-0.2, 0) is 10.0 Å². The number of nitrogens with zero attached hydrogens (tertiary/aromatic N) is 2. The van der Waals surface area contributed by atoms with E-state index < -0.39 is 10.0 Å². The van der Waals surface area contributed by atoms with E-state index in [-0.39, 0.29) is 0 Å². The molecule has 1 aromatic rings. The van der Waals surface area contributed by atoms with Crippen LogP contribution in [0.25, 0.3) is 0 Å². The highest BCUT2D eigenvalue weighted by molar-refractivity contribution is 7.89. The molecule has 1 rings (SSSR count). The third kappa shape index (κ3) is 4.49. The molecule has 0 radical (unpaired) electrons. The molecule has 0 spiro atoms. The molecular weight excluding hydrogens is 262 g/mol. The molecule has 0 aromatic heterocycles. The molecule has 108 valence electrons. The van der Waals surface area contributed by atoms with Gasteiger partial charge in [0.15, 0.2) is 0 Å². The summed E-state index contributed by atoms with van der Waals surface area (Å²) in [6.45, 7) is 1.40. The van der Waals surface area contributed by atoms with Gasteiger partial charge in [0.25, 0.3) is 0 Å². The van der Waals surface area contributed by atoms with E-state index in [1.54, 1.807) is 38.4 Å². The van der Waals surface area contributed by atoms with Crippen molar-refractivity contribution in [2.24, 2.45) is 0 Å². The Morgan fingerprint density at radius 2 is 1.63 bits per heavy atom. The Kier molecular flexibility index (Phi) is 5.78. The van der Waals surface area contributed by atoms with Crippen LogP contribution in [0.5, 0.6) is 0 Å². The smallest absolute Gasteiger partial charge is 0.242 e. The minimum Gasteiger partial charge on any atom is -0.388 e. The van der Waals surface area contributed by atoms with Gasteiger partial charge in [-0.25, -0.2) is 12.7 Å². The molecule has 0 heterocycles. The SMILES string of the molecule is CNc1ccc(S(=O)(=O)N(C)CCCN(C)C)cc1. The summed E-state index contributed by atoms with van der Waals surface area (Å²) < 4.78 is 26.0. The predicted molar refractivity (Wildman–Crippen MR) is 79.0 cm³/mol. The Labute approximate surface area is 116 Å². The van der Waals surface area contributed by atoms with E-state index in [1.807, 2.05) is 19.0 Å². The van der Waals surface area contributed by atoms with Crippen molar-refractivity contribution in [2.75, 3.05) is 46.6 Å². The molecule has 0 amide bonds. The molecular formula is C13H23N3O2S. The average molecular weight is 285 g/mol. The maximum atomic E-state index is 12.3.